The molecule has 0 radical (unpaired) electrons. The van der Waals surface area contributed by atoms with Crippen LogP contribution in [0.15, 0.2) is 0 Å². The van der Waals surface area contributed by atoms with Crippen molar-refractivity contribution in [2.45, 2.75) is 57.9 Å². The minimum absolute atomic E-state index is 0.939. The van der Waals surface area contributed by atoms with Crippen molar-refractivity contribution in [3.8, 4) is 0 Å². The molecule has 0 N–H and O–H groups in total. The van der Waals surface area contributed by atoms with Gasteiger partial charge in [-0.25, -0.2) is 0 Å². The number of likely N-dealkylation sites (tertiary alicyclic amines) is 1. The molecule has 1 heterocycles. The van der Waals surface area contributed by atoms with Crippen LogP contribution in [-0.4, -0.2) is 24.0 Å². The molecule has 0 aromatic heterocycles. The molecule has 13 heavy (non-hydrogen) atoms. The summed E-state index contributed by atoms with van der Waals surface area (Å²) in [7, 11) is 0. The summed E-state index contributed by atoms with van der Waals surface area (Å²) < 4.78 is 0. The van der Waals surface area contributed by atoms with Crippen molar-refractivity contribution < 1.29 is 0 Å². The largest absolute Gasteiger partial charge is 0.300 e. The predicted molar refractivity (Wildman–Crippen MR) is 56.8 cm³/mol. The molecular weight excluding hydrogens is 158 g/mol. The van der Waals surface area contributed by atoms with Gasteiger partial charge in [0.15, 0.2) is 0 Å². The first-order valence-corrected chi connectivity index (χ1v) is 6.12. The van der Waals surface area contributed by atoms with Gasteiger partial charge in [0, 0.05) is 6.04 Å². The maximum absolute atomic E-state index is 2.77. The lowest BCUT2D eigenvalue weighted by Crippen LogP contribution is -2.44. The average molecular weight is 181 g/mol. The van der Waals surface area contributed by atoms with E-state index in [1.54, 1.807) is 0 Å². The highest BCUT2D eigenvalue weighted by atomic mass is 15.2. The smallest absolute Gasteiger partial charge is 0.0121 e. The van der Waals surface area contributed by atoms with Crippen LogP contribution in [0.1, 0.15) is 51.9 Å². The van der Waals surface area contributed by atoms with Crippen molar-refractivity contribution >= 4 is 0 Å². The molecule has 2 aliphatic rings. The summed E-state index contributed by atoms with van der Waals surface area (Å²) in [6.07, 6.45) is 10.3. The second-order valence-electron chi connectivity index (χ2n) is 4.93. The van der Waals surface area contributed by atoms with E-state index in [9.17, 15) is 0 Å². The Morgan fingerprint density at radius 2 is 1.54 bits per heavy atom. The fraction of sp³-hybridized carbons (Fsp3) is 1.00. The Bertz CT molecular complexity index is 149. The van der Waals surface area contributed by atoms with Crippen LogP contribution in [0.3, 0.4) is 0 Å². The fourth-order valence-electron chi connectivity index (χ4n) is 3.09. The average Bonchev–Trinajstić information content (AvgIpc) is 2.20. The van der Waals surface area contributed by atoms with Gasteiger partial charge in [0.25, 0.3) is 0 Å². The van der Waals surface area contributed by atoms with Crippen molar-refractivity contribution in [2.75, 3.05) is 13.1 Å². The molecular formula is C12H23N. The monoisotopic (exact) mass is 181 g/mol. The molecule has 0 aromatic rings. The maximum atomic E-state index is 2.77. The SMILES string of the molecule is CC1CCCCC1N1CCCCC1. The zero-order valence-electron chi connectivity index (χ0n) is 8.97. The third-order valence-electron chi connectivity index (χ3n) is 3.93. The number of hydrogen-bond donors (Lipinski definition) is 0. The number of nitrogens with zero attached hydrogens (tertiary/aromatic N) is 1. The molecule has 2 fully saturated rings. The summed E-state index contributed by atoms with van der Waals surface area (Å²) in [4.78, 5) is 2.77. The van der Waals surface area contributed by atoms with Crippen LogP contribution in [0.25, 0.3) is 0 Å². The van der Waals surface area contributed by atoms with Crippen molar-refractivity contribution in [1.82, 2.24) is 4.90 Å². The quantitative estimate of drug-likeness (QED) is 0.601. The van der Waals surface area contributed by atoms with Crippen molar-refractivity contribution in [2.24, 2.45) is 5.92 Å². The van der Waals surface area contributed by atoms with Crippen LogP contribution in [0.5, 0.6) is 0 Å². The maximum Gasteiger partial charge on any atom is 0.0121 e. The molecule has 1 saturated heterocycles. The number of piperidine rings is 1. The topological polar surface area (TPSA) is 3.24 Å². The van der Waals surface area contributed by atoms with E-state index in [1.165, 1.54) is 58.0 Å². The van der Waals surface area contributed by atoms with Crippen LogP contribution < -0.4 is 0 Å². The minimum Gasteiger partial charge on any atom is -0.300 e. The van der Waals surface area contributed by atoms with E-state index >= 15 is 0 Å². The second kappa shape index (κ2) is 4.45. The Labute approximate surface area is 82.5 Å². The second-order valence-corrected chi connectivity index (χ2v) is 4.93. The fourth-order valence-corrected chi connectivity index (χ4v) is 3.09. The molecule has 76 valence electrons. The normalized spacial score (nSPS) is 37.6. The first-order chi connectivity index (χ1) is 6.38. The lowest BCUT2D eigenvalue weighted by atomic mass is 9.84. The molecule has 1 aliphatic heterocycles. The van der Waals surface area contributed by atoms with Crippen LogP contribution in [0.4, 0.5) is 0 Å². The molecule has 1 heteroatoms. The third kappa shape index (κ3) is 2.25. The van der Waals surface area contributed by atoms with Crippen molar-refractivity contribution in [1.29, 1.82) is 0 Å². The molecule has 1 aliphatic carbocycles. The van der Waals surface area contributed by atoms with Gasteiger partial charge >= 0.3 is 0 Å². The lowest BCUT2D eigenvalue weighted by Gasteiger charge is -2.40. The molecule has 1 nitrogen and oxygen atoms in total. The molecule has 2 unspecified atom stereocenters. The molecule has 1 saturated carbocycles. The molecule has 0 bridgehead atoms. The highest BCUT2D eigenvalue weighted by Crippen LogP contribution is 2.29. The Kier molecular flexibility index (Phi) is 3.26. The minimum atomic E-state index is 0.939. The number of hydrogen-bond acceptors (Lipinski definition) is 1. The van der Waals surface area contributed by atoms with Gasteiger partial charge in [-0.1, -0.05) is 26.2 Å². The zero-order chi connectivity index (χ0) is 9.10. The highest BCUT2D eigenvalue weighted by Gasteiger charge is 2.27. The van der Waals surface area contributed by atoms with Crippen LogP contribution in [0, 0.1) is 5.92 Å². The lowest BCUT2D eigenvalue weighted by molar-refractivity contribution is 0.0922. The third-order valence-corrected chi connectivity index (χ3v) is 3.93. The van der Waals surface area contributed by atoms with E-state index in [4.69, 9.17) is 0 Å². The summed E-state index contributed by atoms with van der Waals surface area (Å²) in [5.41, 5.74) is 0. The van der Waals surface area contributed by atoms with Gasteiger partial charge in [-0.15, -0.1) is 0 Å². The summed E-state index contributed by atoms with van der Waals surface area (Å²) in [5.74, 6) is 0.965. The molecule has 0 amide bonds. The van der Waals surface area contributed by atoms with Crippen molar-refractivity contribution in [3.63, 3.8) is 0 Å². The highest BCUT2D eigenvalue weighted by molar-refractivity contribution is 4.82. The standard InChI is InChI=1S/C12H23N/c1-11-7-3-4-8-12(11)13-9-5-2-6-10-13/h11-12H,2-10H2,1H3. The van der Waals surface area contributed by atoms with Gasteiger partial charge in [-0.3, -0.25) is 0 Å². The summed E-state index contributed by atoms with van der Waals surface area (Å²) >= 11 is 0. The van der Waals surface area contributed by atoms with Crippen LogP contribution >= 0.6 is 0 Å². The molecule has 0 aromatic carbocycles. The van der Waals surface area contributed by atoms with E-state index in [0.717, 1.165) is 12.0 Å². The van der Waals surface area contributed by atoms with E-state index in [0.29, 0.717) is 0 Å². The van der Waals surface area contributed by atoms with E-state index < -0.39 is 0 Å². The first-order valence-electron chi connectivity index (χ1n) is 6.12. The molecule has 0 spiro atoms. The molecule has 2 rings (SSSR count). The van der Waals surface area contributed by atoms with Gasteiger partial charge < -0.3 is 4.90 Å². The van der Waals surface area contributed by atoms with E-state index in [2.05, 4.69) is 11.8 Å². The van der Waals surface area contributed by atoms with Crippen LogP contribution in [-0.2, 0) is 0 Å². The van der Waals surface area contributed by atoms with Gasteiger partial charge in [0.2, 0.25) is 0 Å². The van der Waals surface area contributed by atoms with Gasteiger partial charge in [-0.2, -0.15) is 0 Å². The Morgan fingerprint density at radius 1 is 0.846 bits per heavy atom. The first kappa shape index (κ1) is 9.51. The van der Waals surface area contributed by atoms with E-state index in [-0.39, 0.29) is 0 Å². The predicted octanol–water partition coefficient (Wildman–Crippen LogP) is 3.05. The summed E-state index contributed by atoms with van der Waals surface area (Å²) in [5, 5.41) is 0. The molecule has 2 atom stereocenters. The Morgan fingerprint density at radius 3 is 2.23 bits per heavy atom. The summed E-state index contributed by atoms with van der Waals surface area (Å²) in [6.45, 7) is 5.22. The van der Waals surface area contributed by atoms with Crippen LogP contribution in [0.2, 0.25) is 0 Å². The Hall–Kier alpha value is -0.0400. The summed E-state index contributed by atoms with van der Waals surface area (Å²) in [6, 6.07) is 0.939. The zero-order valence-corrected chi connectivity index (χ0v) is 8.97. The van der Waals surface area contributed by atoms with Gasteiger partial charge in [0.1, 0.15) is 0 Å². The number of rotatable bonds is 1. The van der Waals surface area contributed by atoms with Gasteiger partial charge in [-0.05, 0) is 44.7 Å². The van der Waals surface area contributed by atoms with Gasteiger partial charge in [0.05, 0.1) is 0 Å². The van der Waals surface area contributed by atoms with Crippen molar-refractivity contribution in [3.05, 3.63) is 0 Å². The van der Waals surface area contributed by atoms with E-state index in [1.807, 2.05) is 0 Å². The Balaban J connectivity index is 1.88.